The van der Waals surface area contributed by atoms with Crippen molar-refractivity contribution in [1.29, 1.82) is 0 Å². The fourth-order valence-electron chi connectivity index (χ4n) is 2.89. The molecule has 3 aromatic carbocycles. The Balaban J connectivity index is 1.43. The molecule has 2 amide bonds. The van der Waals surface area contributed by atoms with Gasteiger partial charge in [-0.2, -0.15) is 0 Å². The molecule has 0 unspecified atom stereocenters. The van der Waals surface area contributed by atoms with Crippen LogP contribution in [0.4, 0.5) is 16.2 Å². The average Bonchev–Trinajstić information content (AvgIpc) is 3.20. The van der Waals surface area contributed by atoms with E-state index >= 15 is 0 Å². The number of hydrogen-bond acceptors (Lipinski definition) is 3. The Morgan fingerprint density at radius 2 is 1.52 bits per heavy atom. The lowest BCUT2D eigenvalue weighted by atomic mass is 10.1. The van der Waals surface area contributed by atoms with Crippen molar-refractivity contribution in [1.82, 2.24) is 4.98 Å². The summed E-state index contributed by atoms with van der Waals surface area (Å²) in [6, 6.07) is 22.5. The van der Waals surface area contributed by atoms with Crippen LogP contribution in [-0.2, 0) is 0 Å². The van der Waals surface area contributed by atoms with Crippen LogP contribution < -0.4 is 10.6 Å². The summed E-state index contributed by atoms with van der Waals surface area (Å²) in [5.41, 5.74) is 5.67. The molecule has 6 heteroatoms. The molecule has 0 aliphatic rings. The van der Waals surface area contributed by atoms with Gasteiger partial charge < -0.3 is 10.6 Å². The summed E-state index contributed by atoms with van der Waals surface area (Å²) >= 11 is 7.48. The van der Waals surface area contributed by atoms with Crippen molar-refractivity contribution in [3.63, 3.8) is 0 Å². The van der Waals surface area contributed by atoms with Crippen molar-refractivity contribution in [2.75, 3.05) is 10.6 Å². The van der Waals surface area contributed by atoms with Crippen LogP contribution in [0, 0.1) is 6.92 Å². The second-order valence-electron chi connectivity index (χ2n) is 6.52. The number of aryl methyl sites for hydroxylation is 1. The van der Waals surface area contributed by atoms with Crippen molar-refractivity contribution in [2.45, 2.75) is 6.92 Å². The third-order valence-electron chi connectivity index (χ3n) is 4.42. The highest BCUT2D eigenvalue weighted by Crippen LogP contribution is 2.31. The predicted octanol–water partition coefficient (Wildman–Crippen LogP) is 7.08. The summed E-state index contributed by atoms with van der Waals surface area (Å²) in [4.78, 5) is 16.9. The Hall–Kier alpha value is -3.15. The van der Waals surface area contributed by atoms with Gasteiger partial charge in [-0.05, 0) is 48.9 Å². The number of aromatic nitrogens is 1. The zero-order valence-corrected chi connectivity index (χ0v) is 17.2. The number of halogens is 1. The first-order chi connectivity index (χ1) is 14.1. The molecular weight excluding hydrogens is 402 g/mol. The van der Waals surface area contributed by atoms with E-state index in [1.54, 1.807) is 35.6 Å². The Morgan fingerprint density at radius 3 is 2.17 bits per heavy atom. The summed E-state index contributed by atoms with van der Waals surface area (Å²) in [5.74, 6) is 0. The minimum Gasteiger partial charge on any atom is -0.308 e. The molecule has 29 heavy (non-hydrogen) atoms. The summed E-state index contributed by atoms with van der Waals surface area (Å²) in [5, 5.41) is 9.27. The highest BCUT2D eigenvalue weighted by molar-refractivity contribution is 7.13. The number of carbonyl (C=O) groups excluding carboxylic acids is 1. The van der Waals surface area contributed by atoms with Crippen LogP contribution in [0.5, 0.6) is 0 Å². The molecule has 0 atom stereocenters. The average molecular weight is 420 g/mol. The fraction of sp³-hybridized carbons (Fsp3) is 0.0435. The van der Waals surface area contributed by atoms with Crippen LogP contribution in [0.1, 0.15) is 5.56 Å². The zero-order valence-electron chi connectivity index (χ0n) is 15.6. The fourth-order valence-corrected chi connectivity index (χ4v) is 3.94. The molecule has 0 saturated heterocycles. The van der Waals surface area contributed by atoms with Gasteiger partial charge in [-0.25, -0.2) is 9.78 Å². The summed E-state index contributed by atoms with van der Waals surface area (Å²) in [7, 11) is 0. The van der Waals surface area contributed by atoms with Gasteiger partial charge in [0.2, 0.25) is 0 Å². The molecule has 0 bridgehead atoms. The van der Waals surface area contributed by atoms with Crippen LogP contribution in [0.15, 0.2) is 78.2 Å². The summed E-state index contributed by atoms with van der Waals surface area (Å²) in [6.07, 6.45) is 0. The van der Waals surface area contributed by atoms with Gasteiger partial charge in [-0.15, -0.1) is 11.3 Å². The normalized spacial score (nSPS) is 10.6. The van der Waals surface area contributed by atoms with Crippen molar-refractivity contribution in [3.8, 4) is 21.8 Å². The highest BCUT2D eigenvalue weighted by atomic mass is 35.5. The second kappa shape index (κ2) is 8.47. The van der Waals surface area contributed by atoms with Gasteiger partial charge in [0.1, 0.15) is 5.01 Å². The van der Waals surface area contributed by atoms with E-state index in [0.29, 0.717) is 16.4 Å². The Bertz CT molecular complexity index is 1140. The molecule has 0 aliphatic heterocycles. The summed E-state index contributed by atoms with van der Waals surface area (Å²) in [6.45, 7) is 2.09. The maximum atomic E-state index is 12.1. The van der Waals surface area contributed by atoms with E-state index in [2.05, 4.69) is 35.1 Å². The molecule has 1 aromatic heterocycles. The van der Waals surface area contributed by atoms with Crippen molar-refractivity contribution in [2.24, 2.45) is 0 Å². The molecule has 0 radical (unpaired) electrons. The second-order valence-corrected chi connectivity index (χ2v) is 7.81. The number of thiazole rings is 1. The molecule has 4 rings (SSSR count). The maximum Gasteiger partial charge on any atom is 0.323 e. The van der Waals surface area contributed by atoms with Gasteiger partial charge in [0.15, 0.2) is 0 Å². The minimum absolute atomic E-state index is 0.310. The first-order valence-electron chi connectivity index (χ1n) is 9.04. The minimum atomic E-state index is -0.310. The SMILES string of the molecule is Cc1ccccc1-c1nc(-c2ccc(NC(=O)Nc3ccc(Cl)cc3)cc2)cs1. The number of anilines is 2. The van der Waals surface area contributed by atoms with Gasteiger partial charge in [-0.1, -0.05) is 48.0 Å². The van der Waals surface area contributed by atoms with Gasteiger partial charge in [-0.3, -0.25) is 0 Å². The van der Waals surface area contributed by atoms with Gasteiger partial charge in [0.25, 0.3) is 0 Å². The Kier molecular flexibility index (Phi) is 5.60. The molecule has 2 N–H and O–H groups in total. The number of nitrogens with zero attached hydrogens (tertiary/aromatic N) is 1. The van der Waals surface area contributed by atoms with Crippen LogP contribution in [-0.4, -0.2) is 11.0 Å². The van der Waals surface area contributed by atoms with Crippen molar-refractivity contribution in [3.05, 3.63) is 88.8 Å². The molecular formula is C23H18ClN3OS. The summed E-state index contributed by atoms with van der Waals surface area (Å²) < 4.78 is 0. The number of urea groups is 1. The number of amides is 2. The first kappa shape index (κ1) is 19.2. The van der Waals surface area contributed by atoms with Gasteiger partial charge >= 0.3 is 6.03 Å². The molecule has 144 valence electrons. The van der Waals surface area contributed by atoms with E-state index in [-0.39, 0.29) is 6.03 Å². The molecule has 0 spiro atoms. The quantitative estimate of drug-likeness (QED) is 0.371. The molecule has 1 heterocycles. The molecule has 0 aliphatic carbocycles. The maximum absolute atomic E-state index is 12.1. The van der Waals surface area contributed by atoms with E-state index in [4.69, 9.17) is 16.6 Å². The van der Waals surface area contributed by atoms with E-state index < -0.39 is 0 Å². The Morgan fingerprint density at radius 1 is 0.897 bits per heavy atom. The zero-order chi connectivity index (χ0) is 20.2. The van der Waals surface area contributed by atoms with Gasteiger partial charge in [0.05, 0.1) is 5.69 Å². The predicted molar refractivity (Wildman–Crippen MR) is 122 cm³/mol. The monoisotopic (exact) mass is 419 g/mol. The third-order valence-corrected chi connectivity index (χ3v) is 5.55. The number of benzene rings is 3. The third kappa shape index (κ3) is 4.65. The topological polar surface area (TPSA) is 54.0 Å². The van der Waals surface area contributed by atoms with E-state index in [1.165, 1.54) is 5.56 Å². The lowest BCUT2D eigenvalue weighted by Gasteiger charge is -2.08. The van der Waals surface area contributed by atoms with Crippen LogP contribution >= 0.6 is 22.9 Å². The first-order valence-corrected chi connectivity index (χ1v) is 10.3. The van der Waals surface area contributed by atoms with Crippen LogP contribution in [0.25, 0.3) is 21.8 Å². The van der Waals surface area contributed by atoms with Crippen molar-refractivity contribution >= 4 is 40.3 Å². The Labute approximate surface area is 178 Å². The smallest absolute Gasteiger partial charge is 0.308 e. The molecule has 0 fully saturated rings. The molecule has 0 saturated carbocycles. The number of hydrogen-bond donors (Lipinski definition) is 2. The van der Waals surface area contributed by atoms with E-state index in [1.807, 2.05) is 36.4 Å². The van der Waals surface area contributed by atoms with E-state index in [9.17, 15) is 4.79 Å². The standard InChI is InChI=1S/C23H18ClN3OS/c1-15-4-2-3-5-20(15)22-27-21(14-29-22)16-6-10-18(11-7-16)25-23(28)26-19-12-8-17(24)9-13-19/h2-14H,1H3,(H2,25,26,28). The largest absolute Gasteiger partial charge is 0.323 e. The number of rotatable bonds is 4. The molecule has 4 aromatic rings. The van der Waals surface area contributed by atoms with Crippen molar-refractivity contribution < 1.29 is 4.79 Å². The van der Waals surface area contributed by atoms with Crippen LogP contribution in [0.3, 0.4) is 0 Å². The highest BCUT2D eigenvalue weighted by Gasteiger charge is 2.09. The lowest BCUT2D eigenvalue weighted by Crippen LogP contribution is -2.19. The van der Waals surface area contributed by atoms with Crippen LogP contribution in [0.2, 0.25) is 5.02 Å². The number of nitrogens with one attached hydrogen (secondary N) is 2. The van der Waals surface area contributed by atoms with Gasteiger partial charge in [0, 0.05) is 32.9 Å². The van der Waals surface area contributed by atoms with E-state index in [0.717, 1.165) is 21.8 Å². The number of carbonyl (C=O) groups is 1. The molecule has 4 nitrogen and oxygen atoms in total. The lowest BCUT2D eigenvalue weighted by molar-refractivity contribution is 0.262.